The number of nitrogens with zero attached hydrogens (tertiary/aromatic N) is 4. The molecule has 0 amide bonds. The highest BCUT2D eigenvalue weighted by molar-refractivity contribution is 5.53. The summed E-state index contributed by atoms with van der Waals surface area (Å²) in [6, 6.07) is 1.77. The third-order valence-corrected chi connectivity index (χ3v) is 1.80. The number of aromatic nitrogens is 4. The Labute approximate surface area is 74.8 Å². The van der Waals surface area contributed by atoms with Gasteiger partial charge in [-0.2, -0.15) is 4.52 Å². The van der Waals surface area contributed by atoms with E-state index in [2.05, 4.69) is 20.6 Å². The number of nitrogen functional groups attached to an aromatic ring is 1. The lowest BCUT2D eigenvalue weighted by atomic mass is 10.3. The Morgan fingerprint density at radius 2 is 2.23 bits per heavy atom. The molecule has 0 spiro atoms. The molecule has 2 aromatic heterocycles. The number of nitrogens with one attached hydrogen (secondary N) is 1. The van der Waals surface area contributed by atoms with Gasteiger partial charge in [0.05, 0.1) is 0 Å². The van der Waals surface area contributed by atoms with E-state index in [1.807, 2.05) is 6.92 Å². The molecule has 13 heavy (non-hydrogen) atoms. The highest BCUT2D eigenvalue weighted by atomic mass is 15.4. The molecule has 68 valence electrons. The van der Waals surface area contributed by atoms with Crippen molar-refractivity contribution in [1.29, 1.82) is 0 Å². The van der Waals surface area contributed by atoms with Crippen LogP contribution >= 0.6 is 0 Å². The van der Waals surface area contributed by atoms with Gasteiger partial charge in [0.1, 0.15) is 5.82 Å². The van der Waals surface area contributed by atoms with Crippen molar-refractivity contribution in [2.24, 2.45) is 0 Å². The Balaban J connectivity index is 2.82. The number of fused-ring (bicyclic) bond motifs is 1. The highest BCUT2D eigenvalue weighted by Gasteiger charge is 2.07. The Morgan fingerprint density at radius 3 is 2.92 bits per heavy atom. The van der Waals surface area contributed by atoms with Gasteiger partial charge < -0.3 is 11.1 Å². The summed E-state index contributed by atoms with van der Waals surface area (Å²) in [6.45, 7) is 1.92. The minimum absolute atomic E-state index is 0.460. The Kier molecular flexibility index (Phi) is 1.54. The van der Waals surface area contributed by atoms with E-state index in [1.54, 1.807) is 17.6 Å². The third-order valence-electron chi connectivity index (χ3n) is 1.80. The predicted molar refractivity (Wildman–Crippen MR) is 49.5 cm³/mol. The van der Waals surface area contributed by atoms with E-state index in [-0.39, 0.29) is 0 Å². The number of rotatable bonds is 1. The fourth-order valence-electron chi connectivity index (χ4n) is 1.21. The molecule has 6 nitrogen and oxygen atoms in total. The summed E-state index contributed by atoms with van der Waals surface area (Å²) in [4.78, 5) is 0. The molecule has 0 aliphatic heterocycles. The van der Waals surface area contributed by atoms with Crippen molar-refractivity contribution in [2.75, 3.05) is 18.1 Å². The number of nitrogens with two attached hydrogens (primary N) is 1. The van der Waals surface area contributed by atoms with Crippen LogP contribution in [0.15, 0.2) is 6.07 Å². The van der Waals surface area contributed by atoms with Crippen LogP contribution in [0, 0.1) is 6.92 Å². The van der Waals surface area contributed by atoms with Crippen LogP contribution in [0.3, 0.4) is 0 Å². The van der Waals surface area contributed by atoms with Crippen LogP contribution in [0.2, 0.25) is 0 Å². The third kappa shape index (κ3) is 1.07. The maximum absolute atomic E-state index is 5.59. The van der Waals surface area contributed by atoms with E-state index in [0.29, 0.717) is 11.8 Å². The highest BCUT2D eigenvalue weighted by Crippen LogP contribution is 2.12. The van der Waals surface area contributed by atoms with Crippen LogP contribution in [-0.2, 0) is 0 Å². The number of hydrogen-bond donors (Lipinski definition) is 2. The van der Waals surface area contributed by atoms with Gasteiger partial charge in [-0.1, -0.05) is 0 Å². The largest absolute Gasteiger partial charge is 0.382 e. The summed E-state index contributed by atoms with van der Waals surface area (Å²) >= 11 is 0. The van der Waals surface area contributed by atoms with Crippen molar-refractivity contribution in [1.82, 2.24) is 19.8 Å². The maximum atomic E-state index is 5.59. The molecule has 0 aromatic carbocycles. The van der Waals surface area contributed by atoms with Crippen molar-refractivity contribution in [3.8, 4) is 0 Å². The second-order valence-electron chi connectivity index (χ2n) is 2.76. The van der Waals surface area contributed by atoms with Gasteiger partial charge in [0, 0.05) is 7.05 Å². The van der Waals surface area contributed by atoms with Crippen LogP contribution in [-0.4, -0.2) is 26.9 Å². The minimum atomic E-state index is 0.460. The lowest BCUT2D eigenvalue weighted by molar-refractivity contribution is 0.934. The van der Waals surface area contributed by atoms with Gasteiger partial charge >= 0.3 is 0 Å². The minimum Gasteiger partial charge on any atom is -0.382 e. The average molecular weight is 178 g/mol. The monoisotopic (exact) mass is 178 g/mol. The van der Waals surface area contributed by atoms with Crippen molar-refractivity contribution in [3.05, 3.63) is 11.6 Å². The van der Waals surface area contributed by atoms with E-state index in [1.165, 1.54) is 0 Å². The first kappa shape index (κ1) is 7.78. The molecular formula is C7H10N6. The molecule has 0 aliphatic carbocycles. The molecule has 0 saturated carbocycles. The lowest BCUT2D eigenvalue weighted by Crippen LogP contribution is -2.03. The molecule has 0 atom stereocenters. The summed E-state index contributed by atoms with van der Waals surface area (Å²) in [5, 5.41) is 14.8. The summed E-state index contributed by atoms with van der Waals surface area (Å²) in [6.07, 6.45) is 0. The van der Waals surface area contributed by atoms with Gasteiger partial charge in [0.15, 0.2) is 5.65 Å². The van der Waals surface area contributed by atoms with E-state index in [0.717, 1.165) is 11.2 Å². The molecule has 0 unspecified atom stereocenters. The molecule has 6 heteroatoms. The first-order valence-corrected chi connectivity index (χ1v) is 3.88. The summed E-state index contributed by atoms with van der Waals surface area (Å²) < 4.78 is 1.59. The van der Waals surface area contributed by atoms with Gasteiger partial charge in [-0.3, -0.25) is 0 Å². The van der Waals surface area contributed by atoms with Gasteiger partial charge in [-0.15, -0.1) is 15.3 Å². The zero-order chi connectivity index (χ0) is 9.42. The smallest absolute Gasteiger partial charge is 0.245 e. The number of aryl methyl sites for hydroxylation is 1. The molecule has 3 N–H and O–H groups in total. The van der Waals surface area contributed by atoms with E-state index in [4.69, 9.17) is 5.73 Å². The Hall–Kier alpha value is -1.85. The zero-order valence-corrected chi connectivity index (χ0v) is 7.44. The van der Waals surface area contributed by atoms with Gasteiger partial charge in [-0.25, -0.2) is 0 Å². The Bertz CT molecular complexity index is 445. The maximum Gasteiger partial charge on any atom is 0.245 e. The number of anilines is 2. The van der Waals surface area contributed by atoms with Gasteiger partial charge in [0.25, 0.3) is 0 Å². The lowest BCUT2D eigenvalue weighted by Gasteiger charge is -2.00. The molecule has 2 heterocycles. The van der Waals surface area contributed by atoms with Gasteiger partial charge in [0.2, 0.25) is 5.95 Å². The SMILES string of the molecule is CNc1nnc2c(C)cc(N)nn12. The first-order chi connectivity index (χ1) is 6.22. The molecule has 0 saturated heterocycles. The Morgan fingerprint density at radius 1 is 1.46 bits per heavy atom. The van der Waals surface area contributed by atoms with Crippen LogP contribution in [0.5, 0.6) is 0 Å². The van der Waals surface area contributed by atoms with Crippen molar-refractivity contribution in [2.45, 2.75) is 6.92 Å². The summed E-state index contributed by atoms with van der Waals surface area (Å²) in [5.74, 6) is 1.05. The van der Waals surface area contributed by atoms with Crippen LogP contribution in [0.4, 0.5) is 11.8 Å². The second-order valence-corrected chi connectivity index (χ2v) is 2.76. The standard InChI is InChI=1S/C7H10N6/c1-4-3-5(8)12-13-6(4)10-11-7(13)9-2/h3H,1-2H3,(H2,8,12)(H,9,11). The molecule has 0 fully saturated rings. The van der Waals surface area contributed by atoms with E-state index < -0.39 is 0 Å². The normalized spacial score (nSPS) is 10.6. The van der Waals surface area contributed by atoms with Crippen LogP contribution < -0.4 is 11.1 Å². The van der Waals surface area contributed by atoms with Crippen LogP contribution in [0.25, 0.3) is 5.65 Å². The van der Waals surface area contributed by atoms with E-state index >= 15 is 0 Å². The number of hydrogen-bond acceptors (Lipinski definition) is 5. The van der Waals surface area contributed by atoms with Crippen molar-refractivity contribution in [3.63, 3.8) is 0 Å². The van der Waals surface area contributed by atoms with Crippen molar-refractivity contribution < 1.29 is 0 Å². The fourth-order valence-corrected chi connectivity index (χ4v) is 1.21. The zero-order valence-electron chi connectivity index (χ0n) is 7.44. The molecule has 0 radical (unpaired) electrons. The second kappa shape index (κ2) is 2.58. The topological polar surface area (TPSA) is 81.1 Å². The molecule has 2 aromatic rings. The van der Waals surface area contributed by atoms with Gasteiger partial charge in [-0.05, 0) is 18.6 Å². The molecule has 0 aliphatic rings. The van der Waals surface area contributed by atoms with Crippen LogP contribution in [0.1, 0.15) is 5.56 Å². The molecular weight excluding hydrogens is 168 g/mol. The first-order valence-electron chi connectivity index (χ1n) is 3.88. The summed E-state index contributed by atoms with van der Waals surface area (Å²) in [7, 11) is 1.76. The average Bonchev–Trinajstić information content (AvgIpc) is 2.47. The fraction of sp³-hybridized carbons (Fsp3) is 0.286. The predicted octanol–water partition coefficient (Wildman–Crippen LogP) is 0.0566. The van der Waals surface area contributed by atoms with E-state index in [9.17, 15) is 0 Å². The van der Waals surface area contributed by atoms with Crippen molar-refractivity contribution >= 4 is 17.4 Å². The summed E-state index contributed by atoms with van der Waals surface area (Å²) in [5.41, 5.74) is 7.27. The molecule has 2 rings (SSSR count). The molecule has 0 bridgehead atoms. The quantitative estimate of drug-likeness (QED) is 0.645.